The van der Waals surface area contributed by atoms with Crippen molar-refractivity contribution < 1.29 is 23.9 Å². The van der Waals surface area contributed by atoms with Crippen molar-refractivity contribution in [2.75, 3.05) is 6.61 Å². The van der Waals surface area contributed by atoms with Gasteiger partial charge in [-0.05, 0) is 23.0 Å². The van der Waals surface area contributed by atoms with Crippen molar-refractivity contribution in [3.8, 4) is 5.75 Å². The molecule has 0 fully saturated rings. The van der Waals surface area contributed by atoms with Crippen LogP contribution in [0.25, 0.3) is 0 Å². The van der Waals surface area contributed by atoms with Crippen LogP contribution >= 0.6 is 0 Å². The molecule has 150 valence electrons. The molecule has 1 aromatic carbocycles. The van der Waals surface area contributed by atoms with Crippen LogP contribution < -0.4 is 21.9 Å². The number of hydrogen-bond donors (Lipinski definition) is 3. The second-order valence-corrected chi connectivity index (χ2v) is 7.19. The van der Waals surface area contributed by atoms with Gasteiger partial charge in [0.1, 0.15) is 11.3 Å². The highest BCUT2D eigenvalue weighted by molar-refractivity contribution is 5.90. The zero-order chi connectivity index (χ0) is 20.8. The molecule has 0 aliphatic rings. The number of benzene rings is 1. The Kier molecular flexibility index (Phi) is 7.78. The SMILES string of the molecule is CC(C)c1cccc(C(C)C)c1OC(=O)OCC[C@](N)(CC(N)=O)C(N)=O. The van der Waals surface area contributed by atoms with Gasteiger partial charge in [-0.3, -0.25) is 9.59 Å². The van der Waals surface area contributed by atoms with E-state index >= 15 is 0 Å². The fourth-order valence-electron chi connectivity index (χ4n) is 2.64. The van der Waals surface area contributed by atoms with Gasteiger partial charge in [0, 0.05) is 6.42 Å². The van der Waals surface area contributed by atoms with Crippen molar-refractivity contribution in [1.82, 2.24) is 0 Å². The molecule has 2 amide bonds. The number of para-hydroxylation sites is 1. The summed E-state index contributed by atoms with van der Waals surface area (Å²) < 4.78 is 10.5. The lowest BCUT2D eigenvalue weighted by Gasteiger charge is -2.24. The number of primary amides is 2. The van der Waals surface area contributed by atoms with Gasteiger partial charge in [-0.25, -0.2) is 4.79 Å². The Bertz CT molecular complexity index is 676. The maximum atomic E-state index is 12.1. The van der Waals surface area contributed by atoms with Crippen molar-refractivity contribution in [2.45, 2.75) is 57.9 Å². The molecule has 1 rings (SSSR count). The Hall–Kier alpha value is -2.61. The summed E-state index contributed by atoms with van der Waals surface area (Å²) in [4.78, 5) is 34.7. The third-order valence-electron chi connectivity index (χ3n) is 4.25. The first kappa shape index (κ1) is 22.4. The first-order valence-electron chi connectivity index (χ1n) is 8.82. The first-order chi connectivity index (χ1) is 12.5. The summed E-state index contributed by atoms with van der Waals surface area (Å²) in [7, 11) is 0. The topological polar surface area (TPSA) is 148 Å². The van der Waals surface area contributed by atoms with Gasteiger partial charge >= 0.3 is 6.16 Å². The van der Waals surface area contributed by atoms with Crippen molar-refractivity contribution >= 4 is 18.0 Å². The number of carbonyl (C=O) groups excluding carboxylic acids is 3. The predicted molar refractivity (Wildman–Crippen MR) is 101 cm³/mol. The average molecular weight is 379 g/mol. The normalized spacial score (nSPS) is 13.3. The van der Waals surface area contributed by atoms with Crippen LogP contribution in [-0.4, -0.2) is 30.1 Å². The molecule has 0 saturated carbocycles. The van der Waals surface area contributed by atoms with E-state index in [-0.39, 0.29) is 24.9 Å². The molecule has 27 heavy (non-hydrogen) atoms. The van der Waals surface area contributed by atoms with E-state index in [4.69, 9.17) is 26.7 Å². The molecule has 6 N–H and O–H groups in total. The van der Waals surface area contributed by atoms with E-state index < -0.39 is 29.9 Å². The van der Waals surface area contributed by atoms with Gasteiger partial charge in [-0.15, -0.1) is 0 Å². The van der Waals surface area contributed by atoms with Crippen LogP contribution in [0.2, 0.25) is 0 Å². The monoisotopic (exact) mass is 379 g/mol. The van der Waals surface area contributed by atoms with E-state index in [0.717, 1.165) is 11.1 Å². The minimum absolute atomic E-state index is 0.147. The van der Waals surface area contributed by atoms with Gasteiger partial charge in [0.15, 0.2) is 0 Å². The van der Waals surface area contributed by atoms with E-state index in [2.05, 4.69) is 0 Å². The second kappa shape index (κ2) is 9.36. The molecule has 1 atom stereocenters. The largest absolute Gasteiger partial charge is 0.513 e. The molecule has 0 saturated heterocycles. The molecule has 8 nitrogen and oxygen atoms in total. The Balaban J connectivity index is 2.83. The zero-order valence-corrected chi connectivity index (χ0v) is 16.3. The van der Waals surface area contributed by atoms with Crippen LogP contribution in [0.5, 0.6) is 5.75 Å². The minimum Gasteiger partial charge on any atom is -0.434 e. The van der Waals surface area contributed by atoms with E-state index in [1.165, 1.54) is 0 Å². The molecule has 8 heteroatoms. The maximum absolute atomic E-state index is 12.1. The van der Waals surface area contributed by atoms with E-state index in [9.17, 15) is 14.4 Å². The third kappa shape index (κ3) is 6.25. The van der Waals surface area contributed by atoms with Gasteiger partial charge in [0.2, 0.25) is 11.8 Å². The van der Waals surface area contributed by atoms with Crippen LogP contribution in [0.3, 0.4) is 0 Å². The molecule has 0 aliphatic heterocycles. The first-order valence-corrected chi connectivity index (χ1v) is 8.82. The van der Waals surface area contributed by atoms with Crippen molar-refractivity contribution in [3.05, 3.63) is 29.3 Å². The molecule has 0 radical (unpaired) electrons. The summed E-state index contributed by atoms with van der Waals surface area (Å²) in [5, 5.41) is 0. The summed E-state index contributed by atoms with van der Waals surface area (Å²) in [6.45, 7) is 7.74. The van der Waals surface area contributed by atoms with Gasteiger partial charge in [0.05, 0.1) is 13.0 Å². The minimum atomic E-state index is -1.68. The summed E-state index contributed by atoms with van der Waals surface area (Å²) in [6.07, 6.45) is -1.51. The quantitative estimate of drug-likeness (QED) is 0.441. The number of carbonyl (C=O) groups is 3. The Morgan fingerprint density at radius 3 is 1.96 bits per heavy atom. The molecule has 0 spiro atoms. The number of amides is 2. The zero-order valence-electron chi connectivity index (χ0n) is 16.3. The van der Waals surface area contributed by atoms with E-state index in [1.807, 2.05) is 45.9 Å². The lowest BCUT2D eigenvalue weighted by Crippen LogP contribution is -2.54. The highest BCUT2D eigenvalue weighted by Crippen LogP contribution is 2.34. The standard InChI is InChI=1S/C19H29N3O5/c1-11(2)13-6-5-7-14(12(3)4)16(13)27-18(25)26-9-8-19(22,17(21)24)10-15(20)23/h5-7,11-12H,8-10,22H2,1-4H3,(H2,20,23)(H2,21,24)/t19-/m0/s1. The lowest BCUT2D eigenvalue weighted by molar-refractivity contribution is -0.128. The van der Waals surface area contributed by atoms with Crippen LogP contribution in [-0.2, 0) is 14.3 Å². The summed E-state index contributed by atoms with van der Waals surface area (Å²) >= 11 is 0. The van der Waals surface area contributed by atoms with Crippen molar-refractivity contribution in [1.29, 1.82) is 0 Å². The Labute approximate surface area is 159 Å². The summed E-state index contributed by atoms with van der Waals surface area (Å²) in [5.41, 5.74) is 16.2. The number of rotatable bonds is 9. The molecular weight excluding hydrogens is 350 g/mol. The molecule has 0 heterocycles. The molecule has 1 aromatic rings. The summed E-state index contributed by atoms with van der Waals surface area (Å²) in [5.74, 6) is -0.905. The van der Waals surface area contributed by atoms with Crippen molar-refractivity contribution in [3.63, 3.8) is 0 Å². The number of nitrogens with two attached hydrogens (primary N) is 3. The average Bonchev–Trinajstić information content (AvgIpc) is 2.53. The highest BCUT2D eigenvalue weighted by Gasteiger charge is 2.34. The number of hydrogen-bond acceptors (Lipinski definition) is 6. The van der Waals surface area contributed by atoms with Crippen LogP contribution in [0.1, 0.15) is 63.5 Å². The number of ether oxygens (including phenoxy) is 2. The van der Waals surface area contributed by atoms with Crippen LogP contribution in [0.15, 0.2) is 18.2 Å². The fourth-order valence-corrected chi connectivity index (χ4v) is 2.64. The Morgan fingerprint density at radius 1 is 1.04 bits per heavy atom. The predicted octanol–water partition coefficient (Wildman–Crippen LogP) is 1.90. The fraction of sp³-hybridized carbons (Fsp3) is 0.526. The smallest absolute Gasteiger partial charge is 0.434 e. The third-order valence-corrected chi connectivity index (χ3v) is 4.25. The maximum Gasteiger partial charge on any atom is 0.513 e. The van der Waals surface area contributed by atoms with Gasteiger partial charge in [-0.1, -0.05) is 45.9 Å². The molecule has 0 aromatic heterocycles. The summed E-state index contributed by atoms with van der Waals surface area (Å²) in [6, 6.07) is 5.70. The lowest BCUT2D eigenvalue weighted by atomic mass is 9.92. The van der Waals surface area contributed by atoms with E-state index in [0.29, 0.717) is 5.75 Å². The van der Waals surface area contributed by atoms with Crippen molar-refractivity contribution in [2.24, 2.45) is 17.2 Å². The molecule has 0 unspecified atom stereocenters. The molecular formula is C19H29N3O5. The van der Waals surface area contributed by atoms with Crippen LogP contribution in [0.4, 0.5) is 4.79 Å². The highest BCUT2D eigenvalue weighted by atomic mass is 16.7. The van der Waals surface area contributed by atoms with Crippen LogP contribution in [0, 0.1) is 0 Å². The van der Waals surface area contributed by atoms with Gasteiger partial charge in [-0.2, -0.15) is 0 Å². The second-order valence-electron chi connectivity index (χ2n) is 7.19. The van der Waals surface area contributed by atoms with Gasteiger partial charge < -0.3 is 26.7 Å². The van der Waals surface area contributed by atoms with E-state index in [1.54, 1.807) is 0 Å². The van der Waals surface area contributed by atoms with Gasteiger partial charge in [0.25, 0.3) is 0 Å². The molecule has 0 bridgehead atoms. The molecule has 0 aliphatic carbocycles. The Morgan fingerprint density at radius 2 is 1.56 bits per heavy atom.